The number of halogens is 1. The van der Waals surface area contributed by atoms with Crippen LogP contribution in [0.4, 0.5) is 5.69 Å². The van der Waals surface area contributed by atoms with Crippen LogP contribution >= 0.6 is 15.9 Å². The first-order valence-corrected chi connectivity index (χ1v) is 7.60. The third-order valence-corrected chi connectivity index (χ3v) is 3.75. The van der Waals surface area contributed by atoms with E-state index in [1.165, 1.54) is 13.5 Å². The molecule has 0 unspecified atom stereocenters. The Hall–Kier alpha value is -2.14. The molecule has 22 heavy (non-hydrogen) atoms. The zero-order valence-corrected chi connectivity index (χ0v) is 14.1. The molecule has 7 nitrogen and oxygen atoms in total. The number of hydrogen-bond acceptors (Lipinski definition) is 4. The summed E-state index contributed by atoms with van der Waals surface area (Å²) < 4.78 is 7.62. The van der Waals surface area contributed by atoms with Crippen LogP contribution in [0.5, 0.6) is 0 Å². The normalized spacial score (nSPS) is 16.4. The van der Waals surface area contributed by atoms with E-state index in [0.717, 1.165) is 17.3 Å². The van der Waals surface area contributed by atoms with E-state index in [-0.39, 0.29) is 5.96 Å². The van der Waals surface area contributed by atoms with E-state index in [9.17, 15) is 5.26 Å². The second-order valence-corrected chi connectivity index (χ2v) is 6.00. The molecule has 1 aromatic heterocycles. The lowest BCUT2D eigenvalue weighted by molar-refractivity contribution is 0.287. The molecule has 1 aliphatic carbocycles. The van der Waals surface area contributed by atoms with Crippen molar-refractivity contribution in [2.75, 3.05) is 12.4 Å². The third kappa shape index (κ3) is 3.36. The Labute approximate surface area is 137 Å². The van der Waals surface area contributed by atoms with Gasteiger partial charge in [-0.15, -0.1) is 0 Å². The monoisotopic (exact) mass is 364 g/mol. The van der Waals surface area contributed by atoms with Crippen molar-refractivity contribution in [3.63, 3.8) is 0 Å². The van der Waals surface area contributed by atoms with Crippen LogP contribution in [-0.4, -0.2) is 29.6 Å². The minimum Gasteiger partial charge on any atom is -0.480 e. The smallest absolute Gasteiger partial charge is 0.230 e. The highest BCUT2D eigenvalue weighted by atomic mass is 79.9. The van der Waals surface area contributed by atoms with Gasteiger partial charge >= 0.3 is 0 Å². The number of nitriles is 1. The molecule has 1 saturated carbocycles. The van der Waals surface area contributed by atoms with E-state index in [0.29, 0.717) is 23.3 Å². The Bertz CT molecular complexity index is 661. The maximum absolute atomic E-state index is 9.38. The molecule has 1 aromatic rings. The van der Waals surface area contributed by atoms with Crippen molar-refractivity contribution in [1.29, 1.82) is 5.26 Å². The second kappa shape index (κ2) is 7.22. The maximum atomic E-state index is 9.38. The maximum Gasteiger partial charge on any atom is 0.230 e. The zero-order chi connectivity index (χ0) is 16.1. The van der Waals surface area contributed by atoms with Gasteiger partial charge in [-0.2, -0.15) is 15.4 Å². The van der Waals surface area contributed by atoms with Gasteiger partial charge in [-0.25, -0.2) is 9.67 Å². The van der Waals surface area contributed by atoms with E-state index in [2.05, 4.69) is 49.1 Å². The molecule has 0 amide bonds. The van der Waals surface area contributed by atoms with Crippen molar-refractivity contribution in [1.82, 2.24) is 9.78 Å². The van der Waals surface area contributed by atoms with Crippen molar-refractivity contribution in [2.45, 2.75) is 32.2 Å². The summed E-state index contributed by atoms with van der Waals surface area (Å²) in [6.45, 7) is 5.29. The van der Waals surface area contributed by atoms with E-state index in [1.807, 2.05) is 0 Å². The van der Waals surface area contributed by atoms with Gasteiger partial charge in [0.15, 0.2) is 5.69 Å². The summed E-state index contributed by atoms with van der Waals surface area (Å²) in [5.74, 6) is 0.611. The van der Waals surface area contributed by atoms with E-state index < -0.39 is 0 Å². The van der Waals surface area contributed by atoms with Gasteiger partial charge in [0.2, 0.25) is 11.8 Å². The first-order valence-electron chi connectivity index (χ1n) is 6.81. The Morgan fingerprint density at radius 1 is 1.64 bits per heavy atom. The molecule has 1 aliphatic rings. The number of ether oxygens (including phenoxy) is 1. The highest BCUT2D eigenvalue weighted by Crippen LogP contribution is 2.33. The molecule has 2 rings (SSSR count). The van der Waals surface area contributed by atoms with Crippen molar-refractivity contribution in [3.8, 4) is 6.07 Å². The Morgan fingerprint density at radius 2 is 2.36 bits per heavy atom. The summed E-state index contributed by atoms with van der Waals surface area (Å²) in [5, 5.41) is 16.6. The number of nitrogens with one attached hydrogen (secondary N) is 1. The first-order chi connectivity index (χ1) is 10.6. The molecule has 0 aromatic carbocycles. The number of rotatable bonds is 4. The molecule has 1 fully saturated rings. The van der Waals surface area contributed by atoms with Crippen molar-refractivity contribution < 1.29 is 4.74 Å². The highest BCUT2D eigenvalue weighted by molar-refractivity contribution is 9.11. The number of anilines is 1. The number of aliphatic imine (C=N–C) groups is 2. The van der Waals surface area contributed by atoms with Crippen LogP contribution in [0.1, 0.15) is 37.9 Å². The minimum absolute atomic E-state index is 0.236. The lowest BCUT2D eigenvalue weighted by Gasteiger charge is -2.26. The van der Waals surface area contributed by atoms with Crippen LogP contribution in [0.2, 0.25) is 0 Å². The van der Waals surface area contributed by atoms with Crippen LogP contribution in [-0.2, 0) is 4.74 Å². The molecular weight excluding hydrogens is 348 g/mol. The molecule has 1 N–H and O–H groups in total. The van der Waals surface area contributed by atoms with Gasteiger partial charge in [0.1, 0.15) is 6.07 Å². The van der Waals surface area contributed by atoms with Gasteiger partial charge < -0.3 is 10.1 Å². The Balaban J connectivity index is 2.27. The molecule has 8 heteroatoms. The lowest BCUT2D eigenvalue weighted by atomic mass is 9.93. The zero-order valence-electron chi connectivity index (χ0n) is 12.5. The topological polar surface area (TPSA) is 87.6 Å². The fourth-order valence-corrected chi connectivity index (χ4v) is 2.31. The molecule has 116 valence electrons. The van der Waals surface area contributed by atoms with E-state index in [1.54, 1.807) is 17.8 Å². The predicted molar refractivity (Wildman–Crippen MR) is 89.1 cm³/mol. The van der Waals surface area contributed by atoms with Gasteiger partial charge in [-0.1, -0.05) is 15.9 Å². The largest absolute Gasteiger partial charge is 0.480 e. The van der Waals surface area contributed by atoms with Crippen LogP contribution in [0, 0.1) is 11.3 Å². The van der Waals surface area contributed by atoms with Crippen LogP contribution in [0.3, 0.4) is 0 Å². The molecular formula is C14H17BrN6O. The second-order valence-electron chi connectivity index (χ2n) is 4.81. The van der Waals surface area contributed by atoms with Gasteiger partial charge in [0.05, 0.1) is 29.5 Å². The average molecular weight is 365 g/mol. The fourth-order valence-electron chi connectivity index (χ4n) is 2.06. The average Bonchev–Trinajstić information content (AvgIpc) is 2.83. The minimum atomic E-state index is 0.236. The highest BCUT2D eigenvalue weighted by Gasteiger charge is 2.24. The van der Waals surface area contributed by atoms with Gasteiger partial charge in [0, 0.05) is 0 Å². The van der Waals surface area contributed by atoms with E-state index >= 15 is 0 Å². The molecule has 0 radical (unpaired) electrons. The number of aromatic nitrogens is 2. The Kier molecular flexibility index (Phi) is 5.33. The lowest BCUT2D eigenvalue weighted by Crippen LogP contribution is -2.20. The summed E-state index contributed by atoms with van der Waals surface area (Å²) in [6, 6.07) is 2.49. The van der Waals surface area contributed by atoms with Crippen molar-refractivity contribution in [3.05, 3.63) is 22.3 Å². The number of nitrogens with zero attached hydrogens (tertiary/aromatic N) is 5. The SMILES string of the molecule is C=N/C(=N\C(OC)=C(/C)Br)Nc1cnn(C2CCC2)c1C#N. The Morgan fingerprint density at radius 3 is 2.82 bits per heavy atom. The first kappa shape index (κ1) is 16.2. The van der Waals surface area contributed by atoms with Gasteiger partial charge in [-0.05, 0) is 32.9 Å². The summed E-state index contributed by atoms with van der Waals surface area (Å²) in [7, 11) is 1.51. The quantitative estimate of drug-likeness (QED) is 0.504. The van der Waals surface area contributed by atoms with Gasteiger partial charge in [-0.3, -0.25) is 0 Å². The number of methoxy groups -OCH3 is 1. The predicted octanol–water partition coefficient (Wildman–Crippen LogP) is 3.18. The summed E-state index contributed by atoms with van der Waals surface area (Å²) >= 11 is 3.30. The van der Waals surface area contributed by atoms with Crippen molar-refractivity contribution >= 4 is 34.3 Å². The van der Waals surface area contributed by atoms with Crippen LogP contribution in [0.25, 0.3) is 0 Å². The number of hydrogen-bond donors (Lipinski definition) is 1. The van der Waals surface area contributed by atoms with Crippen LogP contribution in [0.15, 0.2) is 26.5 Å². The van der Waals surface area contributed by atoms with Crippen LogP contribution < -0.4 is 5.32 Å². The molecule has 0 bridgehead atoms. The van der Waals surface area contributed by atoms with E-state index in [4.69, 9.17) is 4.74 Å². The summed E-state index contributed by atoms with van der Waals surface area (Å²) in [5.41, 5.74) is 1.03. The summed E-state index contributed by atoms with van der Waals surface area (Å²) in [4.78, 5) is 8.04. The molecule has 0 spiro atoms. The standard InChI is InChI=1S/C14H17BrN6O/c1-9(15)13(22-3)20-14(17-2)19-11-8-18-21(12(11)7-16)10-5-4-6-10/h8,10H,2,4-6H2,1,3H3,(H,19,20)/b13-9-. The van der Waals surface area contributed by atoms with Gasteiger partial charge in [0.25, 0.3) is 0 Å². The number of guanidine groups is 1. The molecule has 0 atom stereocenters. The summed E-state index contributed by atoms with van der Waals surface area (Å²) in [6.07, 6.45) is 4.88. The molecule has 1 heterocycles. The molecule has 0 aliphatic heterocycles. The van der Waals surface area contributed by atoms with Crippen molar-refractivity contribution in [2.24, 2.45) is 9.98 Å². The third-order valence-electron chi connectivity index (χ3n) is 3.41. The number of allylic oxidation sites excluding steroid dienone is 1. The molecule has 0 saturated heterocycles. The fraction of sp³-hybridized carbons (Fsp3) is 0.429.